The van der Waals surface area contributed by atoms with Crippen molar-refractivity contribution in [3.8, 4) is 12.3 Å². The first kappa shape index (κ1) is 11.8. The molecule has 1 atom stereocenters. The summed E-state index contributed by atoms with van der Waals surface area (Å²) in [6, 6.07) is 0. The minimum Gasteiger partial charge on any atom is -0.444 e. The number of carbonyl (C=O) groups excluding carboxylic acids is 1. The maximum absolute atomic E-state index is 11.1. The number of alkyl carbamates (subject to hydrolysis) is 1. The number of nitrogens with one attached hydrogen (secondary N) is 1. The van der Waals surface area contributed by atoms with Crippen molar-refractivity contribution in [1.82, 2.24) is 5.32 Å². The average molecular weight is 183 g/mol. The molecule has 0 spiro atoms. The topological polar surface area (TPSA) is 38.3 Å². The van der Waals surface area contributed by atoms with E-state index in [4.69, 9.17) is 11.2 Å². The first-order valence-electron chi connectivity index (χ1n) is 4.28. The zero-order valence-electron chi connectivity index (χ0n) is 8.68. The number of amides is 1. The summed E-state index contributed by atoms with van der Waals surface area (Å²) in [5, 5.41) is 2.59. The summed E-state index contributed by atoms with van der Waals surface area (Å²) in [7, 11) is 0. The fourth-order valence-corrected chi connectivity index (χ4v) is 0.610. The molecule has 0 aliphatic heterocycles. The summed E-state index contributed by atoms with van der Waals surface area (Å²) in [6.45, 7) is 7.76. The molecule has 0 saturated heterocycles. The third-order valence-corrected chi connectivity index (χ3v) is 1.24. The number of rotatable bonds is 2. The maximum atomic E-state index is 11.1. The van der Waals surface area contributed by atoms with Gasteiger partial charge in [-0.05, 0) is 27.7 Å². The van der Waals surface area contributed by atoms with Crippen LogP contribution in [-0.4, -0.2) is 18.2 Å². The minimum absolute atomic E-state index is 0.0347. The Morgan fingerprint density at radius 2 is 2.15 bits per heavy atom. The number of carbonyl (C=O) groups is 1. The van der Waals surface area contributed by atoms with E-state index in [1.54, 1.807) is 0 Å². The monoisotopic (exact) mass is 183 g/mol. The Bertz CT molecular complexity index is 210. The zero-order valence-corrected chi connectivity index (χ0v) is 8.68. The zero-order chi connectivity index (χ0) is 10.5. The predicted octanol–water partition coefficient (Wildman–Crippen LogP) is 1.78. The van der Waals surface area contributed by atoms with Gasteiger partial charge in [0.2, 0.25) is 0 Å². The Labute approximate surface area is 79.8 Å². The van der Waals surface area contributed by atoms with Crippen LogP contribution >= 0.6 is 0 Å². The maximum Gasteiger partial charge on any atom is 0.407 e. The molecule has 0 rings (SSSR count). The van der Waals surface area contributed by atoms with Crippen molar-refractivity contribution < 1.29 is 9.53 Å². The summed E-state index contributed by atoms with van der Waals surface area (Å²) < 4.78 is 5.01. The molecule has 0 bridgehead atoms. The molecule has 1 N–H and O–H groups in total. The van der Waals surface area contributed by atoms with Gasteiger partial charge < -0.3 is 10.1 Å². The molecule has 0 aliphatic carbocycles. The molecule has 1 unspecified atom stereocenters. The third-order valence-electron chi connectivity index (χ3n) is 1.24. The molecule has 3 nitrogen and oxygen atoms in total. The molecule has 3 heteroatoms. The van der Waals surface area contributed by atoms with Crippen LogP contribution in [-0.2, 0) is 4.74 Å². The molecule has 0 heterocycles. The molecule has 0 aromatic carbocycles. The van der Waals surface area contributed by atoms with Crippen molar-refractivity contribution in [2.75, 3.05) is 6.54 Å². The highest BCUT2D eigenvalue weighted by Gasteiger charge is 2.15. The first-order chi connectivity index (χ1) is 5.85. The molecule has 1 amide bonds. The molecule has 0 saturated carbocycles. The number of hydrogen-bond acceptors (Lipinski definition) is 2. The highest BCUT2D eigenvalue weighted by Crippen LogP contribution is 2.06. The Morgan fingerprint density at radius 1 is 1.62 bits per heavy atom. The molecular formula is C10H17NO2. The van der Waals surface area contributed by atoms with Crippen molar-refractivity contribution in [3.05, 3.63) is 0 Å². The van der Waals surface area contributed by atoms with E-state index in [0.29, 0.717) is 6.54 Å². The fourth-order valence-electron chi connectivity index (χ4n) is 0.610. The lowest BCUT2D eigenvalue weighted by Crippen LogP contribution is -2.34. The highest BCUT2D eigenvalue weighted by atomic mass is 16.6. The lowest BCUT2D eigenvalue weighted by molar-refractivity contribution is 0.0524. The standard InChI is InChI=1S/C10H17NO2/c1-6-8(2)7-11-9(12)13-10(3,4)5/h1,8H,7H2,2-5H3,(H,11,12). The minimum atomic E-state index is -0.455. The van der Waals surface area contributed by atoms with Gasteiger partial charge in [0.25, 0.3) is 0 Å². The number of ether oxygens (including phenoxy) is 1. The van der Waals surface area contributed by atoms with Crippen molar-refractivity contribution in [1.29, 1.82) is 0 Å². The lowest BCUT2D eigenvalue weighted by Gasteiger charge is -2.20. The highest BCUT2D eigenvalue weighted by molar-refractivity contribution is 5.67. The van der Waals surface area contributed by atoms with Crippen molar-refractivity contribution in [2.24, 2.45) is 5.92 Å². The van der Waals surface area contributed by atoms with E-state index in [2.05, 4.69) is 11.2 Å². The summed E-state index contributed by atoms with van der Waals surface area (Å²) in [5.74, 6) is 2.55. The molecular weight excluding hydrogens is 166 g/mol. The van der Waals surface area contributed by atoms with Crippen LogP contribution in [0.5, 0.6) is 0 Å². The van der Waals surface area contributed by atoms with Gasteiger partial charge in [0.15, 0.2) is 0 Å². The Kier molecular flexibility index (Phi) is 4.33. The Morgan fingerprint density at radius 3 is 2.54 bits per heavy atom. The molecule has 0 aromatic heterocycles. The Hall–Kier alpha value is -1.17. The molecule has 0 fully saturated rings. The van der Waals surface area contributed by atoms with Gasteiger partial charge in [0, 0.05) is 12.5 Å². The van der Waals surface area contributed by atoms with E-state index >= 15 is 0 Å². The van der Waals surface area contributed by atoms with Crippen LogP contribution in [0.3, 0.4) is 0 Å². The normalized spacial score (nSPS) is 12.8. The van der Waals surface area contributed by atoms with Crippen LogP contribution in [0.4, 0.5) is 4.79 Å². The summed E-state index contributed by atoms with van der Waals surface area (Å²) in [5.41, 5.74) is -0.455. The SMILES string of the molecule is C#CC(C)CNC(=O)OC(C)(C)C. The van der Waals surface area contributed by atoms with Crippen LogP contribution < -0.4 is 5.32 Å². The second kappa shape index (κ2) is 4.76. The van der Waals surface area contributed by atoms with E-state index in [1.165, 1.54) is 0 Å². The predicted molar refractivity (Wildman–Crippen MR) is 52.2 cm³/mol. The van der Waals surface area contributed by atoms with Gasteiger partial charge in [0.05, 0.1) is 0 Å². The van der Waals surface area contributed by atoms with Crippen molar-refractivity contribution in [2.45, 2.75) is 33.3 Å². The number of terminal acetylenes is 1. The van der Waals surface area contributed by atoms with Gasteiger partial charge >= 0.3 is 6.09 Å². The van der Waals surface area contributed by atoms with E-state index in [9.17, 15) is 4.79 Å². The van der Waals surface area contributed by atoms with Crippen molar-refractivity contribution in [3.63, 3.8) is 0 Å². The molecule has 0 aliphatic rings. The van der Waals surface area contributed by atoms with Crippen LogP contribution in [0, 0.1) is 18.3 Å². The third kappa shape index (κ3) is 7.20. The number of hydrogen-bond donors (Lipinski definition) is 1. The van der Waals surface area contributed by atoms with Gasteiger partial charge in [-0.3, -0.25) is 0 Å². The fraction of sp³-hybridized carbons (Fsp3) is 0.700. The van der Waals surface area contributed by atoms with E-state index < -0.39 is 11.7 Å². The molecule has 0 aromatic rings. The lowest BCUT2D eigenvalue weighted by atomic mass is 10.2. The van der Waals surface area contributed by atoms with E-state index in [-0.39, 0.29) is 5.92 Å². The second-order valence-corrected chi connectivity index (χ2v) is 3.95. The summed E-state index contributed by atoms with van der Waals surface area (Å²) >= 11 is 0. The van der Waals surface area contributed by atoms with Crippen LogP contribution in [0.25, 0.3) is 0 Å². The van der Waals surface area contributed by atoms with E-state index in [0.717, 1.165) is 0 Å². The van der Waals surface area contributed by atoms with E-state index in [1.807, 2.05) is 27.7 Å². The largest absolute Gasteiger partial charge is 0.444 e. The van der Waals surface area contributed by atoms with Gasteiger partial charge in [-0.25, -0.2) is 4.79 Å². The smallest absolute Gasteiger partial charge is 0.407 e. The van der Waals surface area contributed by atoms with Gasteiger partial charge in [-0.2, -0.15) is 0 Å². The molecule has 74 valence electrons. The van der Waals surface area contributed by atoms with Crippen molar-refractivity contribution >= 4 is 6.09 Å². The quantitative estimate of drug-likeness (QED) is 0.663. The summed E-state index contributed by atoms with van der Waals surface area (Å²) in [6.07, 6.45) is 4.72. The van der Waals surface area contributed by atoms with Crippen LogP contribution in [0.1, 0.15) is 27.7 Å². The second-order valence-electron chi connectivity index (χ2n) is 3.95. The molecule has 13 heavy (non-hydrogen) atoms. The Balaban J connectivity index is 3.72. The van der Waals surface area contributed by atoms with Gasteiger partial charge in [0.1, 0.15) is 5.60 Å². The van der Waals surface area contributed by atoms with Crippen LogP contribution in [0.15, 0.2) is 0 Å². The van der Waals surface area contributed by atoms with Gasteiger partial charge in [-0.1, -0.05) is 0 Å². The van der Waals surface area contributed by atoms with Gasteiger partial charge in [-0.15, -0.1) is 12.3 Å². The summed E-state index contributed by atoms with van der Waals surface area (Å²) in [4.78, 5) is 11.1. The van der Waals surface area contributed by atoms with Crippen LogP contribution in [0.2, 0.25) is 0 Å². The molecule has 0 radical (unpaired) electrons. The first-order valence-corrected chi connectivity index (χ1v) is 4.28. The average Bonchev–Trinajstić information content (AvgIpc) is 1.97.